The van der Waals surface area contributed by atoms with E-state index in [0.29, 0.717) is 0 Å². The minimum Gasteiger partial charge on any atom is -0.252 e. The third-order valence-electron chi connectivity index (χ3n) is 4.30. The zero-order valence-corrected chi connectivity index (χ0v) is 12.5. The second-order valence-corrected chi connectivity index (χ2v) is 6.03. The Bertz CT molecular complexity index is 809. The number of hydrogen-bond donors (Lipinski definition) is 0. The van der Waals surface area contributed by atoms with Gasteiger partial charge in [0.25, 0.3) is 0 Å². The third kappa shape index (κ3) is 2.22. The predicted octanol–water partition coefficient (Wildman–Crippen LogP) is 5.43. The molecule has 0 saturated carbocycles. The minimum atomic E-state index is 0.910. The highest BCUT2D eigenvalue weighted by Gasteiger charge is 2.17. The number of hydrogen-bond acceptors (Lipinski definition) is 1. The van der Waals surface area contributed by atoms with E-state index >= 15 is 0 Å². The van der Waals surface area contributed by atoms with Crippen molar-refractivity contribution in [1.82, 2.24) is 4.98 Å². The second kappa shape index (κ2) is 5.16. The van der Waals surface area contributed by atoms with Gasteiger partial charge in [0.1, 0.15) is 0 Å². The Labute approximate surface area is 129 Å². The molecule has 0 radical (unpaired) electrons. The molecule has 0 atom stereocenters. The summed E-state index contributed by atoms with van der Waals surface area (Å²) in [4.78, 5) is 4.83. The Kier molecular flexibility index (Phi) is 3.16. The van der Waals surface area contributed by atoms with Crippen LogP contribution in [0.1, 0.15) is 24.1 Å². The predicted molar refractivity (Wildman–Crippen MR) is 88.8 cm³/mol. The van der Waals surface area contributed by atoms with Crippen molar-refractivity contribution in [1.29, 1.82) is 0 Å². The lowest BCUT2D eigenvalue weighted by Gasteiger charge is -2.18. The summed E-state index contributed by atoms with van der Waals surface area (Å²) < 4.78 is 0. The van der Waals surface area contributed by atoms with Crippen LogP contribution in [0.25, 0.3) is 22.0 Å². The van der Waals surface area contributed by atoms with Gasteiger partial charge in [0.2, 0.25) is 0 Å². The molecule has 2 aromatic carbocycles. The van der Waals surface area contributed by atoms with Crippen LogP contribution < -0.4 is 0 Å². The Morgan fingerprint density at radius 3 is 2.52 bits per heavy atom. The van der Waals surface area contributed by atoms with Gasteiger partial charge in [-0.05, 0) is 54.5 Å². The number of nitrogens with zero attached hydrogens (tertiary/aromatic N) is 1. The molecule has 0 amide bonds. The van der Waals surface area contributed by atoms with E-state index in [-0.39, 0.29) is 0 Å². The number of fused-ring (bicyclic) bond motifs is 2. The summed E-state index contributed by atoms with van der Waals surface area (Å²) in [7, 11) is 0. The molecule has 0 fully saturated rings. The lowest BCUT2D eigenvalue weighted by Crippen LogP contribution is -2.06. The van der Waals surface area contributed by atoms with Crippen LogP contribution in [0, 0.1) is 0 Å². The molecule has 1 aliphatic rings. The van der Waals surface area contributed by atoms with E-state index in [1.54, 1.807) is 0 Å². The topological polar surface area (TPSA) is 12.9 Å². The maximum atomic E-state index is 6.68. The molecular formula is C19H16ClN. The average molecular weight is 294 g/mol. The second-order valence-electron chi connectivity index (χ2n) is 5.66. The lowest BCUT2D eigenvalue weighted by molar-refractivity contribution is 0.671. The molecule has 3 aromatic rings. The van der Waals surface area contributed by atoms with Gasteiger partial charge in [0.05, 0.1) is 10.5 Å². The van der Waals surface area contributed by atoms with E-state index in [2.05, 4.69) is 42.5 Å². The fourth-order valence-corrected chi connectivity index (χ4v) is 3.53. The molecule has 4 rings (SSSR count). The Morgan fingerprint density at radius 1 is 0.857 bits per heavy atom. The molecule has 2 heteroatoms. The van der Waals surface area contributed by atoms with Crippen LogP contribution in [0.3, 0.4) is 0 Å². The number of rotatable bonds is 1. The molecule has 104 valence electrons. The molecule has 1 heterocycles. The van der Waals surface area contributed by atoms with Crippen LogP contribution in [0.5, 0.6) is 0 Å². The van der Waals surface area contributed by atoms with Gasteiger partial charge in [-0.1, -0.05) is 48.0 Å². The number of benzene rings is 2. The lowest BCUT2D eigenvalue weighted by atomic mass is 9.93. The summed E-state index contributed by atoms with van der Waals surface area (Å²) in [6.45, 7) is 0. The molecule has 1 nitrogen and oxygen atoms in total. The first kappa shape index (κ1) is 12.8. The van der Waals surface area contributed by atoms with Crippen molar-refractivity contribution in [2.75, 3.05) is 0 Å². The van der Waals surface area contributed by atoms with Gasteiger partial charge in [0, 0.05) is 11.1 Å². The first-order valence-corrected chi connectivity index (χ1v) is 7.87. The van der Waals surface area contributed by atoms with Crippen LogP contribution in [-0.4, -0.2) is 4.98 Å². The van der Waals surface area contributed by atoms with Gasteiger partial charge in [0.15, 0.2) is 0 Å². The van der Waals surface area contributed by atoms with Crippen LogP contribution in [0.15, 0.2) is 48.5 Å². The first-order chi connectivity index (χ1) is 10.3. The smallest absolute Gasteiger partial charge is 0.0720 e. The molecule has 0 bridgehead atoms. The molecule has 21 heavy (non-hydrogen) atoms. The summed E-state index contributed by atoms with van der Waals surface area (Å²) in [6, 6.07) is 16.8. The minimum absolute atomic E-state index is 0.910. The van der Waals surface area contributed by atoms with E-state index in [1.165, 1.54) is 35.2 Å². The number of aromatic nitrogens is 1. The van der Waals surface area contributed by atoms with E-state index in [4.69, 9.17) is 16.6 Å². The van der Waals surface area contributed by atoms with E-state index < -0.39 is 0 Å². The van der Waals surface area contributed by atoms with E-state index in [1.807, 2.05) is 6.07 Å². The Hall–Kier alpha value is -1.86. The summed E-state index contributed by atoms with van der Waals surface area (Å²) in [5, 5.41) is 1.99. The van der Waals surface area contributed by atoms with E-state index in [9.17, 15) is 0 Å². The first-order valence-electron chi connectivity index (χ1n) is 7.49. The molecule has 0 spiro atoms. The molecule has 1 aromatic heterocycles. The summed E-state index contributed by atoms with van der Waals surface area (Å²) in [5.74, 6) is 0. The molecule has 0 N–H and O–H groups in total. The van der Waals surface area contributed by atoms with Gasteiger partial charge >= 0.3 is 0 Å². The van der Waals surface area contributed by atoms with Crippen molar-refractivity contribution in [3.05, 3.63) is 64.8 Å². The van der Waals surface area contributed by atoms with Crippen LogP contribution in [0.2, 0.25) is 5.02 Å². The third-order valence-corrected chi connectivity index (χ3v) is 4.73. The summed E-state index contributed by atoms with van der Waals surface area (Å²) in [5.41, 5.74) is 5.89. The quantitative estimate of drug-likeness (QED) is 0.582. The number of aryl methyl sites for hydroxylation is 1. The molecule has 1 aliphatic carbocycles. The van der Waals surface area contributed by atoms with E-state index in [0.717, 1.165) is 28.8 Å². The molecule has 0 aliphatic heterocycles. The maximum Gasteiger partial charge on any atom is 0.0720 e. The van der Waals surface area contributed by atoms with Crippen molar-refractivity contribution >= 4 is 22.5 Å². The van der Waals surface area contributed by atoms with Crippen molar-refractivity contribution in [3.63, 3.8) is 0 Å². The number of halogens is 1. The largest absolute Gasteiger partial charge is 0.252 e. The van der Waals surface area contributed by atoms with Crippen molar-refractivity contribution in [2.45, 2.75) is 25.7 Å². The average Bonchev–Trinajstić information content (AvgIpc) is 2.56. The summed E-state index contributed by atoms with van der Waals surface area (Å²) in [6.07, 6.45) is 4.57. The van der Waals surface area contributed by atoms with Gasteiger partial charge in [-0.15, -0.1) is 0 Å². The normalized spacial score (nSPS) is 14.1. The fraction of sp³-hybridized carbons (Fsp3) is 0.211. The fourth-order valence-electron chi connectivity index (χ4n) is 3.18. The molecule has 0 saturated heterocycles. The Balaban J connectivity index is 1.93. The highest BCUT2D eigenvalue weighted by molar-refractivity contribution is 6.36. The van der Waals surface area contributed by atoms with Gasteiger partial charge in [-0.3, -0.25) is 4.98 Å². The van der Waals surface area contributed by atoms with Crippen LogP contribution >= 0.6 is 11.6 Å². The van der Waals surface area contributed by atoms with Crippen molar-refractivity contribution in [2.24, 2.45) is 0 Å². The van der Waals surface area contributed by atoms with Crippen LogP contribution in [0.4, 0.5) is 0 Å². The van der Waals surface area contributed by atoms with Gasteiger partial charge < -0.3 is 0 Å². The van der Waals surface area contributed by atoms with Crippen LogP contribution in [-0.2, 0) is 12.8 Å². The standard InChI is InChI=1S/C19H16ClN/c20-19-15-8-4-5-9-17(15)21-18-11-10-14(12-16(18)19)13-6-2-1-3-7-13/h1-3,6-7,10-12H,4-5,8-9H2. The number of pyridine rings is 1. The zero-order valence-electron chi connectivity index (χ0n) is 11.8. The molecular weight excluding hydrogens is 278 g/mol. The Morgan fingerprint density at radius 2 is 1.67 bits per heavy atom. The zero-order chi connectivity index (χ0) is 14.2. The van der Waals surface area contributed by atoms with Gasteiger partial charge in [-0.25, -0.2) is 0 Å². The SMILES string of the molecule is Clc1c2c(nc3ccc(-c4ccccc4)cc13)CCCC2. The molecule has 0 unspecified atom stereocenters. The highest BCUT2D eigenvalue weighted by atomic mass is 35.5. The highest BCUT2D eigenvalue weighted by Crippen LogP contribution is 2.34. The van der Waals surface area contributed by atoms with Crippen molar-refractivity contribution in [3.8, 4) is 11.1 Å². The van der Waals surface area contributed by atoms with Gasteiger partial charge in [-0.2, -0.15) is 0 Å². The monoisotopic (exact) mass is 293 g/mol. The summed E-state index contributed by atoms with van der Waals surface area (Å²) >= 11 is 6.68. The maximum absolute atomic E-state index is 6.68. The van der Waals surface area contributed by atoms with Crippen molar-refractivity contribution < 1.29 is 0 Å².